The van der Waals surface area contributed by atoms with Crippen molar-refractivity contribution in [2.24, 2.45) is 0 Å². The largest absolute Gasteiger partial charge is 0.273 e. The molecule has 2 amide bonds. The highest BCUT2D eigenvalue weighted by Gasteiger charge is 2.21. The Balaban J connectivity index is 1.42. The van der Waals surface area contributed by atoms with Crippen LogP contribution < -0.4 is 15.6 Å². The number of benzene rings is 2. The number of nitrogens with zero attached hydrogens (tertiary/aromatic N) is 4. The second kappa shape index (κ2) is 11.2. The molecule has 0 saturated heterocycles. The molecule has 3 rings (SSSR count). The van der Waals surface area contributed by atoms with Crippen LogP contribution in [0.5, 0.6) is 0 Å². The predicted octanol–water partition coefficient (Wildman–Crippen LogP) is 1.48. The van der Waals surface area contributed by atoms with Gasteiger partial charge in [0.1, 0.15) is 6.54 Å². The lowest BCUT2D eigenvalue weighted by molar-refractivity contribution is -0.129. The number of amides is 2. The molecule has 0 aliphatic carbocycles. The second-order valence-corrected chi connectivity index (χ2v) is 9.90. The molecule has 0 radical (unpaired) electrons. The van der Waals surface area contributed by atoms with Crippen molar-refractivity contribution in [2.75, 3.05) is 6.54 Å². The van der Waals surface area contributed by atoms with E-state index in [9.17, 15) is 18.0 Å². The number of tetrazole rings is 1. The standard InChI is InChI=1S/C23H29N7O4S/c1-15-13-16(2)18(4)22(17(15)3)35(33,34)24-12-8-11-20(31)25-26-21(32)14-30-28-23(27-29-30)19-9-6-5-7-10-19/h5-7,9-10,13,24H,8,11-12,14H2,1-4H3,(H,25,31)(H,26,32). The lowest BCUT2D eigenvalue weighted by Gasteiger charge is -2.16. The van der Waals surface area contributed by atoms with Crippen molar-refractivity contribution in [2.45, 2.75) is 52.0 Å². The molecule has 1 aromatic heterocycles. The number of hydrogen-bond acceptors (Lipinski definition) is 7. The van der Waals surface area contributed by atoms with E-state index in [-0.39, 0.29) is 30.8 Å². The Morgan fingerprint density at radius 1 is 0.943 bits per heavy atom. The van der Waals surface area contributed by atoms with Gasteiger partial charge in [-0.3, -0.25) is 20.4 Å². The topological polar surface area (TPSA) is 148 Å². The molecular formula is C23H29N7O4S. The van der Waals surface area contributed by atoms with E-state index in [4.69, 9.17) is 0 Å². The molecule has 0 saturated carbocycles. The van der Waals surface area contributed by atoms with Gasteiger partial charge in [-0.2, -0.15) is 4.80 Å². The Hall–Kier alpha value is -3.64. The minimum Gasteiger partial charge on any atom is -0.273 e. The molecule has 0 aliphatic rings. The van der Waals surface area contributed by atoms with Crippen molar-refractivity contribution in [1.82, 2.24) is 35.8 Å². The molecule has 2 aromatic carbocycles. The highest BCUT2D eigenvalue weighted by molar-refractivity contribution is 7.89. The molecule has 0 atom stereocenters. The van der Waals surface area contributed by atoms with Gasteiger partial charge in [-0.25, -0.2) is 13.1 Å². The second-order valence-electron chi connectivity index (χ2n) is 8.20. The van der Waals surface area contributed by atoms with Gasteiger partial charge in [0, 0.05) is 18.5 Å². The van der Waals surface area contributed by atoms with Crippen LogP contribution in [-0.2, 0) is 26.2 Å². The third kappa shape index (κ3) is 6.70. The van der Waals surface area contributed by atoms with Crippen molar-refractivity contribution < 1.29 is 18.0 Å². The molecule has 0 aliphatic heterocycles. The average Bonchev–Trinajstić information content (AvgIpc) is 3.28. The Labute approximate surface area is 204 Å². The van der Waals surface area contributed by atoms with E-state index in [1.165, 1.54) is 0 Å². The van der Waals surface area contributed by atoms with Gasteiger partial charge in [0.25, 0.3) is 5.91 Å². The summed E-state index contributed by atoms with van der Waals surface area (Å²) in [5.74, 6) is -0.597. The fraction of sp³-hybridized carbons (Fsp3) is 0.348. The molecule has 3 aromatic rings. The maximum absolute atomic E-state index is 12.8. The Bertz CT molecular complexity index is 1290. The number of nitrogens with one attached hydrogen (secondary N) is 3. The summed E-state index contributed by atoms with van der Waals surface area (Å²) in [6, 6.07) is 11.2. The van der Waals surface area contributed by atoms with Crippen LogP contribution >= 0.6 is 0 Å². The molecule has 35 heavy (non-hydrogen) atoms. The number of carbonyl (C=O) groups excluding carboxylic acids is 2. The van der Waals surface area contributed by atoms with Gasteiger partial charge in [0.15, 0.2) is 0 Å². The molecule has 186 valence electrons. The molecule has 0 spiro atoms. The van der Waals surface area contributed by atoms with E-state index < -0.39 is 21.8 Å². The van der Waals surface area contributed by atoms with Crippen molar-refractivity contribution in [3.63, 3.8) is 0 Å². The van der Waals surface area contributed by atoms with E-state index in [0.29, 0.717) is 17.0 Å². The van der Waals surface area contributed by atoms with Crippen molar-refractivity contribution in [3.8, 4) is 11.4 Å². The summed E-state index contributed by atoms with van der Waals surface area (Å²) in [7, 11) is -3.72. The number of hydrazine groups is 1. The number of aromatic nitrogens is 4. The minimum absolute atomic E-state index is 0.0212. The first kappa shape index (κ1) is 26.0. The SMILES string of the molecule is Cc1cc(C)c(C)c(S(=O)(=O)NCCCC(=O)NNC(=O)Cn2nnc(-c3ccccc3)n2)c1C. The van der Waals surface area contributed by atoms with E-state index in [2.05, 4.69) is 31.0 Å². The van der Waals surface area contributed by atoms with Crippen molar-refractivity contribution >= 4 is 21.8 Å². The highest BCUT2D eigenvalue weighted by atomic mass is 32.2. The van der Waals surface area contributed by atoms with Gasteiger partial charge in [0.05, 0.1) is 4.90 Å². The van der Waals surface area contributed by atoms with E-state index in [0.717, 1.165) is 21.5 Å². The van der Waals surface area contributed by atoms with Gasteiger partial charge in [-0.05, 0) is 61.6 Å². The summed E-state index contributed by atoms with van der Waals surface area (Å²) in [6.45, 7) is 7.17. The summed E-state index contributed by atoms with van der Waals surface area (Å²) in [5.41, 5.74) is 8.57. The zero-order valence-electron chi connectivity index (χ0n) is 20.1. The third-order valence-corrected chi connectivity index (χ3v) is 7.28. The molecule has 11 nitrogen and oxygen atoms in total. The number of carbonyl (C=O) groups is 2. The summed E-state index contributed by atoms with van der Waals surface area (Å²) in [4.78, 5) is 25.5. The smallest absolute Gasteiger partial charge is 0.262 e. The van der Waals surface area contributed by atoms with Gasteiger partial charge < -0.3 is 0 Å². The maximum Gasteiger partial charge on any atom is 0.262 e. The summed E-state index contributed by atoms with van der Waals surface area (Å²) in [5, 5.41) is 11.9. The van der Waals surface area contributed by atoms with Crippen LogP contribution in [-0.4, -0.2) is 47.0 Å². The summed E-state index contributed by atoms with van der Waals surface area (Å²) >= 11 is 0. The van der Waals surface area contributed by atoms with E-state index in [1.807, 2.05) is 50.2 Å². The zero-order valence-corrected chi connectivity index (χ0v) is 20.9. The minimum atomic E-state index is -3.72. The monoisotopic (exact) mass is 499 g/mol. The summed E-state index contributed by atoms with van der Waals surface area (Å²) in [6.07, 6.45) is 0.280. The van der Waals surface area contributed by atoms with Crippen LogP contribution in [0.1, 0.15) is 35.1 Å². The number of rotatable bonds is 9. The number of hydrogen-bond donors (Lipinski definition) is 3. The van der Waals surface area contributed by atoms with E-state index >= 15 is 0 Å². The van der Waals surface area contributed by atoms with Crippen LogP contribution in [0.15, 0.2) is 41.3 Å². The normalized spacial score (nSPS) is 11.3. The number of aryl methyl sites for hydroxylation is 2. The van der Waals surface area contributed by atoms with Crippen LogP contribution in [0.25, 0.3) is 11.4 Å². The van der Waals surface area contributed by atoms with Crippen LogP contribution in [0.4, 0.5) is 0 Å². The van der Waals surface area contributed by atoms with Crippen LogP contribution in [0, 0.1) is 27.7 Å². The quantitative estimate of drug-likeness (QED) is 0.298. The van der Waals surface area contributed by atoms with Crippen LogP contribution in [0.2, 0.25) is 0 Å². The lowest BCUT2D eigenvalue weighted by Crippen LogP contribution is -2.43. The van der Waals surface area contributed by atoms with Gasteiger partial charge in [-0.1, -0.05) is 36.4 Å². The molecule has 1 heterocycles. The molecule has 0 unspecified atom stereocenters. The van der Waals surface area contributed by atoms with E-state index in [1.54, 1.807) is 13.8 Å². The van der Waals surface area contributed by atoms with Gasteiger partial charge in [0.2, 0.25) is 21.8 Å². The van der Waals surface area contributed by atoms with Gasteiger partial charge in [-0.15, -0.1) is 10.2 Å². The maximum atomic E-state index is 12.8. The number of sulfonamides is 1. The molecule has 12 heteroatoms. The molecular weight excluding hydrogens is 470 g/mol. The highest BCUT2D eigenvalue weighted by Crippen LogP contribution is 2.25. The Morgan fingerprint density at radius 3 is 2.23 bits per heavy atom. The van der Waals surface area contributed by atoms with Gasteiger partial charge >= 0.3 is 0 Å². The fourth-order valence-corrected chi connectivity index (χ4v) is 5.18. The first-order valence-corrected chi connectivity index (χ1v) is 12.5. The van der Waals surface area contributed by atoms with Crippen LogP contribution in [0.3, 0.4) is 0 Å². The summed E-state index contributed by atoms with van der Waals surface area (Å²) < 4.78 is 28.2. The van der Waals surface area contributed by atoms with Crippen molar-refractivity contribution in [1.29, 1.82) is 0 Å². The Kier molecular flexibility index (Phi) is 8.30. The average molecular weight is 500 g/mol. The molecule has 0 fully saturated rings. The predicted molar refractivity (Wildman–Crippen MR) is 129 cm³/mol. The Morgan fingerprint density at radius 2 is 1.57 bits per heavy atom. The molecule has 0 bridgehead atoms. The fourth-order valence-electron chi connectivity index (χ4n) is 3.49. The third-order valence-electron chi connectivity index (χ3n) is 5.55. The lowest BCUT2D eigenvalue weighted by atomic mass is 10.0. The van der Waals surface area contributed by atoms with Crippen molar-refractivity contribution in [3.05, 3.63) is 58.7 Å². The molecule has 3 N–H and O–H groups in total. The first-order valence-electron chi connectivity index (χ1n) is 11.1. The first-order chi connectivity index (χ1) is 16.6. The zero-order chi connectivity index (χ0) is 25.6.